The van der Waals surface area contributed by atoms with E-state index in [1.54, 1.807) is 7.11 Å². The lowest BCUT2D eigenvalue weighted by Crippen LogP contribution is -2.19. The van der Waals surface area contributed by atoms with Crippen LogP contribution in [0.5, 0.6) is 6.01 Å². The summed E-state index contributed by atoms with van der Waals surface area (Å²) >= 11 is 0. The molecule has 0 unspecified atom stereocenters. The van der Waals surface area contributed by atoms with E-state index in [9.17, 15) is 0 Å². The zero-order valence-electron chi connectivity index (χ0n) is 10.5. The Balaban J connectivity index is 2.58. The summed E-state index contributed by atoms with van der Waals surface area (Å²) in [5.41, 5.74) is 0.914. The molecule has 0 aliphatic rings. The van der Waals surface area contributed by atoms with Gasteiger partial charge in [0.2, 0.25) is 0 Å². The highest BCUT2D eigenvalue weighted by Gasteiger charge is 2.10. The summed E-state index contributed by atoms with van der Waals surface area (Å²) in [5, 5.41) is 1.06. The number of hydrogen-bond acceptors (Lipinski definition) is 4. The van der Waals surface area contributed by atoms with Gasteiger partial charge >= 0.3 is 6.01 Å². The molecule has 0 spiro atoms. The average Bonchev–Trinajstić information content (AvgIpc) is 2.37. The Hall–Kier alpha value is -1.84. The summed E-state index contributed by atoms with van der Waals surface area (Å²) < 4.78 is 5.14. The van der Waals surface area contributed by atoms with Crippen LogP contribution in [0.15, 0.2) is 24.3 Å². The summed E-state index contributed by atoms with van der Waals surface area (Å²) in [6, 6.07) is 8.40. The molecule has 0 N–H and O–H groups in total. The normalized spacial score (nSPS) is 10.5. The molecule has 0 aliphatic heterocycles. The molecular formula is C13H17N3O. The molecule has 0 saturated heterocycles. The standard InChI is InChI=1S/C13H17N3O/c1-4-9-16(2)12-10-7-5-6-8-11(10)14-13(15-12)17-3/h5-8H,4,9H2,1-3H3. The number of rotatable bonds is 4. The first-order valence-corrected chi connectivity index (χ1v) is 5.78. The van der Waals surface area contributed by atoms with Crippen LogP contribution in [0.3, 0.4) is 0 Å². The van der Waals surface area contributed by atoms with E-state index in [-0.39, 0.29) is 0 Å². The smallest absolute Gasteiger partial charge is 0.318 e. The molecule has 0 saturated carbocycles. The van der Waals surface area contributed by atoms with Gasteiger partial charge in [-0.15, -0.1) is 0 Å². The highest BCUT2D eigenvalue weighted by Crippen LogP contribution is 2.25. The first kappa shape index (κ1) is 11.6. The lowest BCUT2D eigenvalue weighted by atomic mass is 10.2. The molecule has 1 heterocycles. The quantitative estimate of drug-likeness (QED) is 0.810. The van der Waals surface area contributed by atoms with Crippen molar-refractivity contribution in [3.05, 3.63) is 24.3 Å². The van der Waals surface area contributed by atoms with Gasteiger partial charge in [0.05, 0.1) is 12.6 Å². The molecule has 0 aliphatic carbocycles. The number of fused-ring (bicyclic) bond motifs is 1. The van der Waals surface area contributed by atoms with Crippen LogP contribution in [0.25, 0.3) is 10.9 Å². The van der Waals surface area contributed by atoms with E-state index in [4.69, 9.17) is 4.74 Å². The van der Waals surface area contributed by atoms with Gasteiger partial charge in [0.1, 0.15) is 5.82 Å². The Labute approximate surface area is 101 Å². The second-order valence-electron chi connectivity index (χ2n) is 3.97. The number of aromatic nitrogens is 2. The van der Waals surface area contributed by atoms with Gasteiger partial charge in [-0.2, -0.15) is 9.97 Å². The second-order valence-corrected chi connectivity index (χ2v) is 3.97. The van der Waals surface area contributed by atoms with Gasteiger partial charge in [-0.05, 0) is 18.6 Å². The van der Waals surface area contributed by atoms with Crippen LogP contribution in [0.2, 0.25) is 0 Å². The monoisotopic (exact) mass is 231 g/mol. The Bertz CT molecular complexity index is 513. The van der Waals surface area contributed by atoms with Crippen molar-refractivity contribution < 1.29 is 4.74 Å². The third-order valence-electron chi connectivity index (χ3n) is 2.67. The van der Waals surface area contributed by atoms with Gasteiger partial charge in [-0.1, -0.05) is 19.1 Å². The van der Waals surface area contributed by atoms with E-state index in [1.807, 2.05) is 31.3 Å². The molecule has 2 rings (SSSR count). The molecule has 2 aromatic rings. The Morgan fingerprint density at radius 1 is 1.24 bits per heavy atom. The van der Waals surface area contributed by atoms with Crippen LogP contribution in [-0.4, -0.2) is 30.7 Å². The Morgan fingerprint density at radius 3 is 2.71 bits per heavy atom. The summed E-state index contributed by atoms with van der Waals surface area (Å²) in [6.45, 7) is 3.11. The third-order valence-corrected chi connectivity index (χ3v) is 2.67. The fourth-order valence-corrected chi connectivity index (χ4v) is 1.86. The maximum atomic E-state index is 5.14. The summed E-state index contributed by atoms with van der Waals surface area (Å²) in [7, 11) is 3.63. The average molecular weight is 231 g/mol. The predicted molar refractivity (Wildman–Crippen MR) is 69.7 cm³/mol. The number of anilines is 1. The molecule has 90 valence electrons. The number of ether oxygens (including phenoxy) is 1. The largest absolute Gasteiger partial charge is 0.467 e. The van der Waals surface area contributed by atoms with E-state index in [2.05, 4.69) is 21.8 Å². The molecule has 0 fully saturated rings. The molecule has 1 aromatic carbocycles. The maximum Gasteiger partial charge on any atom is 0.318 e. The van der Waals surface area contributed by atoms with Gasteiger partial charge in [-0.25, -0.2) is 0 Å². The van der Waals surface area contributed by atoms with Crippen molar-refractivity contribution in [2.24, 2.45) is 0 Å². The topological polar surface area (TPSA) is 38.2 Å². The van der Waals surface area contributed by atoms with Crippen molar-refractivity contribution in [2.45, 2.75) is 13.3 Å². The van der Waals surface area contributed by atoms with Crippen LogP contribution in [0, 0.1) is 0 Å². The first-order valence-electron chi connectivity index (χ1n) is 5.78. The molecular weight excluding hydrogens is 214 g/mol. The fourth-order valence-electron chi connectivity index (χ4n) is 1.86. The molecule has 0 atom stereocenters. The third kappa shape index (κ3) is 2.30. The van der Waals surface area contributed by atoms with Gasteiger partial charge in [0.15, 0.2) is 0 Å². The van der Waals surface area contributed by atoms with E-state index in [0.717, 1.165) is 29.7 Å². The molecule has 0 bridgehead atoms. The lowest BCUT2D eigenvalue weighted by molar-refractivity contribution is 0.382. The van der Waals surface area contributed by atoms with E-state index >= 15 is 0 Å². The molecule has 1 aromatic heterocycles. The predicted octanol–water partition coefficient (Wildman–Crippen LogP) is 2.48. The molecule has 4 heteroatoms. The molecule has 17 heavy (non-hydrogen) atoms. The number of benzene rings is 1. The van der Waals surface area contributed by atoms with Crippen molar-refractivity contribution in [3.63, 3.8) is 0 Å². The summed E-state index contributed by atoms with van der Waals surface area (Å²) in [6.07, 6.45) is 1.08. The number of methoxy groups -OCH3 is 1. The minimum atomic E-state index is 0.418. The van der Waals surface area contributed by atoms with Gasteiger partial charge in [0.25, 0.3) is 0 Å². The van der Waals surface area contributed by atoms with Crippen molar-refractivity contribution in [2.75, 3.05) is 25.6 Å². The van der Waals surface area contributed by atoms with Crippen LogP contribution in [-0.2, 0) is 0 Å². The Morgan fingerprint density at radius 2 is 2.00 bits per heavy atom. The summed E-state index contributed by atoms with van der Waals surface area (Å²) in [5.74, 6) is 0.925. The minimum absolute atomic E-state index is 0.418. The molecule has 0 amide bonds. The van der Waals surface area contributed by atoms with Crippen molar-refractivity contribution in [3.8, 4) is 6.01 Å². The Kier molecular flexibility index (Phi) is 3.42. The van der Waals surface area contributed by atoms with Crippen molar-refractivity contribution in [1.82, 2.24) is 9.97 Å². The van der Waals surface area contributed by atoms with Crippen LogP contribution < -0.4 is 9.64 Å². The lowest BCUT2D eigenvalue weighted by Gasteiger charge is -2.19. The first-order chi connectivity index (χ1) is 8.26. The highest BCUT2D eigenvalue weighted by atomic mass is 16.5. The zero-order chi connectivity index (χ0) is 12.3. The van der Waals surface area contributed by atoms with E-state index in [1.165, 1.54) is 0 Å². The van der Waals surface area contributed by atoms with E-state index < -0.39 is 0 Å². The minimum Gasteiger partial charge on any atom is -0.467 e. The zero-order valence-corrected chi connectivity index (χ0v) is 10.5. The van der Waals surface area contributed by atoms with Crippen LogP contribution >= 0.6 is 0 Å². The maximum absolute atomic E-state index is 5.14. The van der Waals surface area contributed by atoms with Crippen LogP contribution in [0.1, 0.15) is 13.3 Å². The fraction of sp³-hybridized carbons (Fsp3) is 0.385. The SMILES string of the molecule is CCCN(C)c1nc(OC)nc2ccccc12. The second kappa shape index (κ2) is 4.99. The number of nitrogens with zero attached hydrogens (tertiary/aromatic N) is 3. The van der Waals surface area contributed by atoms with Gasteiger partial charge < -0.3 is 9.64 Å². The number of hydrogen-bond donors (Lipinski definition) is 0. The van der Waals surface area contributed by atoms with Gasteiger partial charge in [-0.3, -0.25) is 0 Å². The van der Waals surface area contributed by atoms with Crippen molar-refractivity contribution in [1.29, 1.82) is 0 Å². The van der Waals surface area contributed by atoms with E-state index in [0.29, 0.717) is 6.01 Å². The number of para-hydroxylation sites is 1. The summed E-state index contributed by atoms with van der Waals surface area (Å²) in [4.78, 5) is 10.9. The highest BCUT2D eigenvalue weighted by molar-refractivity contribution is 5.89. The van der Waals surface area contributed by atoms with Crippen LogP contribution in [0.4, 0.5) is 5.82 Å². The molecule has 0 radical (unpaired) electrons. The van der Waals surface area contributed by atoms with Crippen molar-refractivity contribution >= 4 is 16.7 Å². The molecule has 4 nitrogen and oxygen atoms in total. The van der Waals surface area contributed by atoms with Gasteiger partial charge in [0, 0.05) is 19.0 Å².